The van der Waals surface area contributed by atoms with Crippen molar-refractivity contribution in [2.45, 2.75) is 0 Å². The first-order valence-corrected chi connectivity index (χ1v) is 4.26. The lowest BCUT2D eigenvalue weighted by atomic mass is 10.2. The van der Waals surface area contributed by atoms with Gasteiger partial charge in [-0.1, -0.05) is 24.3 Å². The molecule has 0 bridgehead atoms. The predicted molar refractivity (Wildman–Crippen MR) is 58.8 cm³/mol. The van der Waals surface area contributed by atoms with Crippen LogP contribution in [-0.2, 0) is 0 Å². The number of nitrogens with zero attached hydrogens (tertiary/aromatic N) is 4. The third kappa shape index (κ3) is 2.70. The van der Waals surface area contributed by atoms with E-state index in [4.69, 9.17) is 16.2 Å². The molecule has 0 amide bonds. The fourth-order valence-electron chi connectivity index (χ4n) is 1.19. The van der Waals surface area contributed by atoms with Crippen molar-refractivity contribution in [3.8, 4) is 0 Å². The number of hydrogen-bond donors (Lipinski definition) is 1. The van der Waals surface area contributed by atoms with Gasteiger partial charge in [0.15, 0.2) is 0 Å². The summed E-state index contributed by atoms with van der Waals surface area (Å²) in [6, 6.07) is 10.7. The summed E-state index contributed by atoms with van der Waals surface area (Å²) in [5.41, 5.74) is 14.3. The average molecular weight is 215 g/mol. The standard InChI is InChI=1S/C10H7NO2.N3/c12-10(13)9-6-5-7-3-1-2-4-8(7)11-9;1-3-2/h1-6H,(H,12,13);/q;-1. The first-order valence-electron chi connectivity index (χ1n) is 4.26. The number of pyridine rings is 1. The number of benzene rings is 1. The fourth-order valence-corrected chi connectivity index (χ4v) is 1.19. The molecule has 6 heteroatoms. The highest BCUT2D eigenvalue weighted by Crippen LogP contribution is 2.11. The molecule has 0 aliphatic heterocycles. The summed E-state index contributed by atoms with van der Waals surface area (Å²) in [4.78, 5) is 16.1. The van der Waals surface area contributed by atoms with Crippen molar-refractivity contribution < 1.29 is 9.90 Å². The predicted octanol–water partition coefficient (Wildman–Crippen LogP) is 2.80. The number of fused-ring (bicyclic) bond motifs is 1. The highest BCUT2D eigenvalue weighted by Gasteiger charge is 2.03. The molecule has 16 heavy (non-hydrogen) atoms. The Morgan fingerprint density at radius 2 is 1.81 bits per heavy atom. The number of hydrogen-bond acceptors (Lipinski definition) is 2. The second kappa shape index (κ2) is 5.33. The van der Waals surface area contributed by atoms with Crippen LogP contribution < -0.4 is 0 Å². The third-order valence-corrected chi connectivity index (χ3v) is 1.82. The maximum Gasteiger partial charge on any atom is 0.354 e. The lowest BCUT2D eigenvalue weighted by Gasteiger charge is -1.97. The van der Waals surface area contributed by atoms with Gasteiger partial charge in [0.1, 0.15) is 5.69 Å². The van der Waals surface area contributed by atoms with Crippen LogP contribution in [0.15, 0.2) is 36.4 Å². The summed E-state index contributed by atoms with van der Waals surface area (Å²) in [7, 11) is 0. The van der Waals surface area contributed by atoms with Gasteiger partial charge in [0.25, 0.3) is 0 Å². The smallest absolute Gasteiger partial charge is 0.354 e. The Morgan fingerprint density at radius 1 is 1.19 bits per heavy atom. The minimum Gasteiger partial charge on any atom is -0.477 e. The number of carbonyl (C=O) groups is 1. The van der Waals surface area contributed by atoms with Crippen LogP contribution in [-0.4, -0.2) is 16.1 Å². The normalized spacial score (nSPS) is 8.75. The zero-order valence-electron chi connectivity index (χ0n) is 8.11. The van der Waals surface area contributed by atoms with Gasteiger partial charge in [-0.15, -0.1) is 0 Å². The molecule has 0 aliphatic rings. The van der Waals surface area contributed by atoms with Crippen LogP contribution in [0, 0.1) is 0 Å². The maximum atomic E-state index is 10.6. The summed E-state index contributed by atoms with van der Waals surface area (Å²) in [6.07, 6.45) is 0. The zero-order valence-corrected chi connectivity index (χ0v) is 8.11. The highest BCUT2D eigenvalue weighted by atomic mass is 16.4. The van der Waals surface area contributed by atoms with E-state index in [9.17, 15) is 4.79 Å². The van der Waals surface area contributed by atoms with Gasteiger partial charge in [-0.2, -0.15) is 0 Å². The van der Waals surface area contributed by atoms with E-state index in [2.05, 4.69) is 4.98 Å². The van der Waals surface area contributed by atoms with Crippen molar-refractivity contribution in [2.75, 3.05) is 0 Å². The molecule has 1 N–H and O–H groups in total. The molecule has 0 aliphatic carbocycles. The summed E-state index contributed by atoms with van der Waals surface area (Å²) in [5, 5.41) is 9.63. The molecule has 1 heterocycles. The molecule has 0 unspecified atom stereocenters. The van der Waals surface area contributed by atoms with E-state index in [0.717, 1.165) is 5.39 Å². The van der Waals surface area contributed by atoms with E-state index in [1.54, 1.807) is 12.1 Å². The Kier molecular flexibility index (Phi) is 3.83. The minimum absolute atomic E-state index is 0.0821. The molecule has 1 aromatic carbocycles. The van der Waals surface area contributed by atoms with Crippen molar-refractivity contribution in [1.29, 1.82) is 0 Å². The summed E-state index contributed by atoms with van der Waals surface area (Å²) < 4.78 is 0. The zero-order chi connectivity index (χ0) is 12.0. The molecule has 2 aromatic rings. The van der Waals surface area contributed by atoms with Crippen molar-refractivity contribution in [1.82, 2.24) is 4.98 Å². The molecule has 0 radical (unpaired) electrons. The number of carboxylic acids is 1. The van der Waals surface area contributed by atoms with E-state index in [0.29, 0.717) is 5.52 Å². The maximum absolute atomic E-state index is 10.6. The van der Waals surface area contributed by atoms with Gasteiger partial charge < -0.3 is 16.2 Å². The van der Waals surface area contributed by atoms with Crippen LogP contribution in [0.1, 0.15) is 10.5 Å². The van der Waals surface area contributed by atoms with Crippen LogP contribution in [0.4, 0.5) is 0 Å². The largest absolute Gasteiger partial charge is 0.477 e. The lowest BCUT2D eigenvalue weighted by molar-refractivity contribution is 0.0691. The Labute approximate surface area is 90.6 Å². The SMILES string of the molecule is O=C(O)c1ccc2ccccc2n1.[N-]=[N+]=[N-]. The van der Waals surface area contributed by atoms with Crippen LogP contribution in [0.25, 0.3) is 26.9 Å². The van der Waals surface area contributed by atoms with Crippen molar-refractivity contribution >= 4 is 16.9 Å². The van der Waals surface area contributed by atoms with Gasteiger partial charge in [-0.3, -0.25) is 4.91 Å². The number of aromatic nitrogens is 1. The Bertz CT molecular complexity index is 547. The molecule has 80 valence electrons. The Morgan fingerprint density at radius 3 is 2.44 bits per heavy atom. The molecule has 0 atom stereocenters. The summed E-state index contributed by atoms with van der Waals surface area (Å²) in [6.45, 7) is 0. The van der Waals surface area contributed by atoms with Crippen molar-refractivity contribution in [3.63, 3.8) is 0 Å². The Balaban J connectivity index is 0.000000386. The number of carboxylic acid groups (broad SMARTS) is 1. The molecule has 1 aromatic heterocycles. The van der Waals surface area contributed by atoms with Gasteiger partial charge >= 0.3 is 5.97 Å². The molecule has 0 spiro atoms. The molecule has 0 saturated carbocycles. The van der Waals surface area contributed by atoms with Crippen LogP contribution >= 0.6 is 0 Å². The molecule has 2 rings (SSSR count). The highest BCUT2D eigenvalue weighted by molar-refractivity contribution is 5.89. The van der Waals surface area contributed by atoms with Crippen LogP contribution in [0.5, 0.6) is 0 Å². The van der Waals surface area contributed by atoms with Gasteiger partial charge in [0.2, 0.25) is 0 Å². The average Bonchev–Trinajstić information content (AvgIpc) is 2.29. The minimum atomic E-state index is -0.995. The third-order valence-electron chi connectivity index (χ3n) is 1.82. The second-order valence-electron chi connectivity index (χ2n) is 2.78. The fraction of sp³-hybridized carbons (Fsp3) is 0. The molecule has 0 fully saturated rings. The van der Waals surface area contributed by atoms with E-state index in [1.165, 1.54) is 11.0 Å². The lowest BCUT2D eigenvalue weighted by Crippen LogP contribution is -1.99. The number of aromatic carboxylic acids is 1. The van der Waals surface area contributed by atoms with Crippen LogP contribution in [0.2, 0.25) is 0 Å². The van der Waals surface area contributed by atoms with E-state index < -0.39 is 5.97 Å². The van der Waals surface area contributed by atoms with Gasteiger partial charge in [-0.25, -0.2) is 9.78 Å². The monoisotopic (exact) mass is 215 g/mol. The van der Waals surface area contributed by atoms with Crippen molar-refractivity contribution in [2.24, 2.45) is 0 Å². The van der Waals surface area contributed by atoms with E-state index in [-0.39, 0.29) is 5.69 Å². The first kappa shape index (κ1) is 11.5. The quantitative estimate of drug-likeness (QED) is 0.448. The van der Waals surface area contributed by atoms with Gasteiger partial charge in [-0.05, 0) is 12.1 Å². The number of rotatable bonds is 1. The van der Waals surface area contributed by atoms with Gasteiger partial charge in [0.05, 0.1) is 5.52 Å². The topological polar surface area (TPSA) is 109 Å². The van der Waals surface area contributed by atoms with Crippen molar-refractivity contribution in [3.05, 3.63) is 58.1 Å². The van der Waals surface area contributed by atoms with E-state index >= 15 is 0 Å². The summed E-state index contributed by atoms with van der Waals surface area (Å²) in [5.74, 6) is -0.995. The Hall–Kier alpha value is -2.59. The molecular weight excluding hydrogens is 208 g/mol. The second-order valence-corrected chi connectivity index (χ2v) is 2.78. The van der Waals surface area contributed by atoms with Gasteiger partial charge in [0, 0.05) is 5.39 Å². The molecule has 0 saturated heterocycles. The summed E-state index contributed by atoms with van der Waals surface area (Å²) >= 11 is 0. The van der Waals surface area contributed by atoms with Crippen LogP contribution in [0.3, 0.4) is 0 Å². The number of para-hydroxylation sites is 1. The molecular formula is C10H7N4O2-. The van der Waals surface area contributed by atoms with E-state index in [1.807, 2.05) is 18.2 Å². The molecule has 6 nitrogen and oxygen atoms in total. The first-order chi connectivity index (χ1) is 7.69.